The van der Waals surface area contributed by atoms with E-state index in [-0.39, 0.29) is 0 Å². The lowest BCUT2D eigenvalue weighted by Gasteiger charge is -2.02. The van der Waals surface area contributed by atoms with Crippen LogP contribution in [0.2, 0.25) is 0 Å². The van der Waals surface area contributed by atoms with Crippen LogP contribution < -0.4 is 5.32 Å². The van der Waals surface area contributed by atoms with Gasteiger partial charge in [0.05, 0.1) is 0 Å². The third kappa shape index (κ3) is 2.11. The van der Waals surface area contributed by atoms with Gasteiger partial charge in [-0.2, -0.15) is 4.37 Å². The zero-order valence-corrected chi connectivity index (χ0v) is 11.2. The molecule has 0 aliphatic heterocycles. The zero-order chi connectivity index (χ0) is 11.7. The van der Waals surface area contributed by atoms with Crippen molar-refractivity contribution in [2.75, 3.05) is 12.4 Å². The summed E-state index contributed by atoms with van der Waals surface area (Å²) in [6.45, 7) is 0. The molecule has 0 unspecified atom stereocenters. The number of aromatic nitrogens is 4. The van der Waals surface area contributed by atoms with Crippen LogP contribution in [-0.2, 0) is 0 Å². The molecule has 0 aromatic carbocycles. The maximum atomic E-state index is 4.45. The SMILES string of the molecule is CNc1nc(Sc2ncns2)c2ccsc2n1. The summed E-state index contributed by atoms with van der Waals surface area (Å²) in [5.74, 6) is 0.631. The molecule has 3 aromatic rings. The topological polar surface area (TPSA) is 63.6 Å². The number of anilines is 1. The van der Waals surface area contributed by atoms with Crippen molar-refractivity contribution in [2.45, 2.75) is 9.37 Å². The van der Waals surface area contributed by atoms with Crippen LogP contribution in [0.5, 0.6) is 0 Å². The van der Waals surface area contributed by atoms with Crippen molar-refractivity contribution < 1.29 is 0 Å². The monoisotopic (exact) mass is 281 g/mol. The van der Waals surface area contributed by atoms with E-state index < -0.39 is 0 Å². The second-order valence-corrected chi connectivity index (χ2v) is 5.96. The van der Waals surface area contributed by atoms with E-state index in [0.717, 1.165) is 19.6 Å². The van der Waals surface area contributed by atoms with Crippen LogP contribution in [0.4, 0.5) is 5.95 Å². The van der Waals surface area contributed by atoms with Crippen LogP contribution in [0.1, 0.15) is 0 Å². The summed E-state index contributed by atoms with van der Waals surface area (Å²) in [5.41, 5.74) is 0. The quantitative estimate of drug-likeness (QED) is 0.745. The maximum absolute atomic E-state index is 4.45. The van der Waals surface area contributed by atoms with E-state index in [1.807, 2.05) is 18.5 Å². The van der Waals surface area contributed by atoms with Gasteiger partial charge in [0, 0.05) is 12.4 Å². The third-order valence-corrected chi connectivity index (χ3v) is 4.56. The van der Waals surface area contributed by atoms with E-state index in [2.05, 4.69) is 24.6 Å². The first-order valence-corrected chi connectivity index (χ1v) is 7.21. The fourth-order valence-electron chi connectivity index (χ4n) is 1.31. The number of rotatable bonds is 3. The Morgan fingerprint density at radius 2 is 2.29 bits per heavy atom. The maximum Gasteiger partial charge on any atom is 0.224 e. The number of hydrogen-bond acceptors (Lipinski definition) is 8. The summed E-state index contributed by atoms with van der Waals surface area (Å²) in [4.78, 5) is 14.0. The molecule has 0 aliphatic carbocycles. The van der Waals surface area contributed by atoms with Gasteiger partial charge in [0.15, 0.2) is 4.34 Å². The Bertz CT molecular complexity index is 633. The van der Waals surface area contributed by atoms with Gasteiger partial charge < -0.3 is 5.32 Å². The molecule has 0 atom stereocenters. The van der Waals surface area contributed by atoms with Gasteiger partial charge in [-0.1, -0.05) is 0 Å². The first-order valence-electron chi connectivity index (χ1n) is 4.74. The fourth-order valence-corrected chi connectivity index (χ4v) is 3.60. The van der Waals surface area contributed by atoms with Crippen molar-refractivity contribution >= 4 is 50.8 Å². The van der Waals surface area contributed by atoms with E-state index in [1.54, 1.807) is 17.7 Å². The van der Waals surface area contributed by atoms with Gasteiger partial charge in [-0.25, -0.2) is 15.0 Å². The molecule has 5 nitrogen and oxygen atoms in total. The standard InChI is InChI=1S/C9H7N5S3/c1-10-8-13-6-5(2-3-15-6)7(14-8)16-9-11-4-12-17-9/h2-4H,1H3,(H,10,13,14). The molecule has 86 valence electrons. The lowest BCUT2D eigenvalue weighted by atomic mass is 10.4. The van der Waals surface area contributed by atoms with E-state index in [0.29, 0.717) is 5.95 Å². The highest BCUT2D eigenvalue weighted by molar-refractivity contribution is 8.01. The predicted octanol–water partition coefficient (Wildman–Crippen LogP) is 2.74. The molecule has 0 amide bonds. The average Bonchev–Trinajstić information content (AvgIpc) is 2.98. The normalized spacial score (nSPS) is 10.9. The zero-order valence-electron chi connectivity index (χ0n) is 8.75. The molecule has 3 rings (SSSR count). The highest BCUT2D eigenvalue weighted by Gasteiger charge is 2.11. The Morgan fingerprint density at radius 1 is 1.35 bits per heavy atom. The Hall–Kier alpha value is -1.25. The van der Waals surface area contributed by atoms with Crippen LogP contribution in [-0.4, -0.2) is 26.4 Å². The van der Waals surface area contributed by atoms with Gasteiger partial charge in [-0.15, -0.1) is 11.3 Å². The van der Waals surface area contributed by atoms with Crippen LogP contribution in [0.3, 0.4) is 0 Å². The second kappa shape index (κ2) is 4.55. The summed E-state index contributed by atoms with van der Waals surface area (Å²) >= 11 is 4.49. The van der Waals surface area contributed by atoms with Gasteiger partial charge in [-0.05, 0) is 34.7 Å². The Morgan fingerprint density at radius 3 is 3.06 bits per heavy atom. The molecule has 0 radical (unpaired) electrons. The van der Waals surface area contributed by atoms with E-state index >= 15 is 0 Å². The first-order chi connectivity index (χ1) is 8.36. The molecule has 0 spiro atoms. The second-order valence-electron chi connectivity index (χ2n) is 3.05. The predicted molar refractivity (Wildman–Crippen MR) is 71.0 cm³/mol. The van der Waals surface area contributed by atoms with E-state index in [4.69, 9.17) is 0 Å². The lowest BCUT2D eigenvalue weighted by molar-refractivity contribution is 1.10. The van der Waals surface area contributed by atoms with Crippen molar-refractivity contribution in [1.82, 2.24) is 19.3 Å². The molecule has 3 heterocycles. The van der Waals surface area contributed by atoms with Gasteiger partial charge in [0.25, 0.3) is 0 Å². The Labute approximate surface area is 110 Å². The molecule has 0 saturated heterocycles. The minimum absolute atomic E-state index is 0.631. The molecule has 0 fully saturated rings. The number of thiophene rings is 1. The third-order valence-electron chi connectivity index (χ3n) is 2.04. The number of hydrogen-bond donors (Lipinski definition) is 1. The lowest BCUT2D eigenvalue weighted by Crippen LogP contribution is -1.96. The van der Waals surface area contributed by atoms with Gasteiger partial charge in [-0.3, -0.25) is 0 Å². The summed E-state index contributed by atoms with van der Waals surface area (Å²) in [6, 6.07) is 2.03. The summed E-state index contributed by atoms with van der Waals surface area (Å²) in [6.07, 6.45) is 1.55. The first kappa shape index (κ1) is 10.9. The molecule has 3 aromatic heterocycles. The largest absolute Gasteiger partial charge is 0.357 e. The molecule has 17 heavy (non-hydrogen) atoms. The van der Waals surface area contributed by atoms with Crippen LogP contribution in [0.25, 0.3) is 10.2 Å². The van der Waals surface area contributed by atoms with Crippen LogP contribution in [0.15, 0.2) is 27.1 Å². The average molecular weight is 281 g/mol. The molecule has 8 heteroatoms. The summed E-state index contributed by atoms with van der Waals surface area (Å²) < 4.78 is 4.87. The number of fused-ring (bicyclic) bond motifs is 1. The van der Waals surface area contributed by atoms with Crippen molar-refractivity contribution in [1.29, 1.82) is 0 Å². The smallest absolute Gasteiger partial charge is 0.224 e. The highest BCUT2D eigenvalue weighted by Crippen LogP contribution is 2.34. The summed E-state index contributed by atoms with van der Waals surface area (Å²) in [7, 11) is 1.81. The van der Waals surface area contributed by atoms with Crippen molar-refractivity contribution in [3.63, 3.8) is 0 Å². The van der Waals surface area contributed by atoms with Gasteiger partial charge >= 0.3 is 0 Å². The Balaban J connectivity index is 2.10. The minimum Gasteiger partial charge on any atom is -0.357 e. The minimum atomic E-state index is 0.631. The van der Waals surface area contributed by atoms with Crippen molar-refractivity contribution in [2.24, 2.45) is 0 Å². The van der Waals surface area contributed by atoms with Gasteiger partial charge in [0.1, 0.15) is 16.2 Å². The van der Waals surface area contributed by atoms with Gasteiger partial charge in [0.2, 0.25) is 5.95 Å². The van der Waals surface area contributed by atoms with Crippen LogP contribution >= 0.6 is 34.6 Å². The molecular weight excluding hydrogens is 274 g/mol. The van der Waals surface area contributed by atoms with Crippen LogP contribution in [0, 0.1) is 0 Å². The van der Waals surface area contributed by atoms with E-state index in [9.17, 15) is 0 Å². The molecule has 1 N–H and O–H groups in total. The summed E-state index contributed by atoms with van der Waals surface area (Å²) in [5, 5.41) is 6.96. The molecule has 0 aliphatic rings. The number of nitrogens with one attached hydrogen (secondary N) is 1. The highest BCUT2D eigenvalue weighted by atomic mass is 32.2. The molecule has 0 saturated carbocycles. The Kier molecular flexibility index (Phi) is 2.91. The van der Waals surface area contributed by atoms with Crippen molar-refractivity contribution in [3.05, 3.63) is 17.8 Å². The van der Waals surface area contributed by atoms with Crippen molar-refractivity contribution in [3.8, 4) is 0 Å². The number of nitrogens with zero attached hydrogens (tertiary/aromatic N) is 4. The molecular formula is C9H7N5S3. The van der Waals surface area contributed by atoms with E-state index in [1.165, 1.54) is 23.3 Å². The fraction of sp³-hybridized carbons (Fsp3) is 0.111. The molecule has 0 bridgehead atoms.